The molecule has 0 unspecified atom stereocenters. The summed E-state index contributed by atoms with van der Waals surface area (Å²) in [7, 11) is 3.07. The van der Waals surface area contributed by atoms with Crippen molar-refractivity contribution < 1.29 is 14.3 Å². The van der Waals surface area contributed by atoms with E-state index in [1.165, 1.54) is 7.11 Å². The highest BCUT2D eigenvalue weighted by Crippen LogP contribution is 2.28. The normalized spacial score (nSPS) is 10.3. The van der Waals surface area contributed by atoms with E-state index in [0.29, 0.717) is 5.56 Å². The third-order valence-electron chi connectivity index (χ3n) is 3.62. The molecular formula is C18H20O3. The quantitative estimate of drug-likeness (QED) is 0.795. The minimum atomic E-state index is -0.293. The van der Waals surface area contributed by atoms with E-state index in [9.17, 15) is 4.79 Å². The van der Waals surface area contributed by atoms with Crippen molar-refractivity contribution in [2.24, 2.45) is 0 Å². The third kappa shape index (κ3) is 3.07. The highest BCUT2D eigenvalue weighted by Gasteiger charge is 2.12. The van der Waals surface area contributed by atoms with Crippen LogP contribution in [0.15, 0.2) is 36.4 Å². The molecule has 3 nitrogen and oxygen atoms in total. The number of methoxy groups -OCH3 is 2. The monoisotopic (exact) mass is 284 g/mol. The first-order valence-electron chi connectivity index (χ1n) is 6.97. The lowest BCUT2D eigenvalue weighted by Crippen LogP contribution is -2.05. The van der Waals surface area contributed by atoms with Crippen LogP contribution in [-0.4, -0.2) is 20.2 Å². The Labute approximate surface area is 125 Å². The summed E-state index contributed by atoms with van der Waals surface area (Å²) in [4.78, 5) is 11.9. The molecule has 2 aromatic carbocycles. The number of ether oxygens (including phenoxy) is 2. The van der Waals surface area contributed by atoms with Gasteiger partial charge in [-0.25, -0.2) is 4.79 Å². The lowest BCUT2D eigenvalue weighted by atomic mass is 9.97. The van der Waals surface area contributed by atoms with Crippen LogP contribution < -0.4 is 4.74 Å². The fraction of sp³-hybridized carbons (Fsp3) is 0.278. The van der Waals surface area contributed by atoms with E-state index in [4.69, 9.17) is 9.47 Å². The summed E-state index contributed by atoms with van der Waals surface area (Å²) >= 11 is 0. The maximum Gasteiger partial charge on any atom is 0.338 e. The molecule has 0 saturated heterocycles. The number of aryl methyl sites for hydroxylation is 2. The predicted octanol–water partition coefficient (Wildman–Crippen LogP) is 4.02. The summed E-state index contributed by atoms with van der Waals surface area (Å²) in [5.74, 6) is 0.566. The summed E-state index contributed by atoms with van der Waals surface area (Å²) in [6.07, 6.45) is 0.798. The molecule has 0 bridgehead atoms. The van der Waals surface area contributed by atoms with Gasteiger partial charge in [0.1, 0.15) is 5.75 Å². The number of carbonyl (C=O) groups is 1. The molecule has 2 rings (SSSR count). The minimum Gasteiger partial charge on any atom is -0.496 e. The average molecular weight is 284 g/mol. The highest BCUT2D eigenvalue weighted by atomic mass is 16.5. The zero-order chi connectivity index (χ0) is 15.4. The Kier molecular flexibility index (Phi) is 4.63. The smallest absolute Gasteiger partial charge is 0.338 e. The van der Waals surface area contributed by atoms with Crippen molar-refractivity contribution in [3.63, 3.8) is 0 Å². The van der Waals surface area contributed by atoms with Crippen molar-refractivity contribution in [2.75, 3.05) is 14.2 Å². The van der Waals surface area contributed by atoms with Crippen LogP contribution in [0.5, 0.6) is 5.75 Å². The Balaban J connectivity index is 2.49. The van der Waals surface area contributed by atoms with Crippen LogP contribution >= 0.6 is 0 Å². The second kappa shape index (κ2) is 6.44. The number of hydrogen-bond donors (Lipinski definition) is 0. The van der Waals surface area contributed by atoms with Crippen LogP contribution in [-0.2, 0) is 11.2 Å². The molecule has 0 radical (unpaired) electrons. The lowest BCUT2D eigenvalue weighted by Gasteiger charge is -2.11. The summed E-state index contributed by atoms with van der Waals surface area (Å²) in [5.41, 5.74) is 4.75. The van der Waals surface area contributed by atoms with Crippen LogP contribution in [0, 0.1) is 6.92 Å². The number of rotatable bonds is 4. The Morgan fingerprint density at radius 3 is 2.29 bits per heavy atom. The topological polar surface area (TPSA) is 35.5 Å². The fourth-order valence-corrected chi connectivity index (χ4v) is 2.42. The second-order valence-corrected chi connectivity index (χ2v) is 4.90. The molecule has 0 aromatic heterocycles. The molecule has 0 atom stereocenters. The summed E-state index contributed by atoms with van der Waals surface area (Å²) in [6, 6.07) is 11.9. The predicted molar refractivity (Wildman–Crippen MR) is 83.9 cm³/mol. The molecule has 0 aliphatic rings. The molecule has 0 aliphatic heterocycles. The van der Waals surface area contributed by atoms with Crippen molar-refractivity contribution in [1.29, 1.82) is 0 Å². The number of esters is 1. The van der Waals surface area contributed by atoms with Crippen LogP contribution in [0.1, 0.15) is 28.4 Å². The van der Waals surface area contributed by atoms with Crippen LogP contribution in [0.25, 0.3) is 11.1 Å². The first kappa shape index (κ1) is 15.1. The molecular weight excluding hydrogens is 264 g/mol. The van der Waals surface area contributed by atoms with Gasteiger partial charge in [-0.05, 0) is 53.8 Å². The van der Waals surface area contributed by atoms with Crippen LogP contribution in [0.2, 0.25) is 0 Å². The van der Waals surface area contributed by atoms with Crippen molar-refractivity contribution >= 4 is 5.97 Å². The van der Waals surface area contributed by atoms with Gasteiger partial charge in [-0.1, -0.05) is 25.1 Å². The Morgan fingerprint density at radius 2 is 1.71 bits per heavy atom. The number of benzene rings is 2. The van der Waals surface area contributed by atoms with Crippen molar-refractivity contribution in [1.82, 2.24) is 0 Å². The molecule has 2 aromatic rings. The molecule has 0 heterocycles. The first-order chi connectivity index (χ1) is 10.1. The summed E-state index contributed by atoms with van der Waals surface area (Å²) < 4.78 is 10.1. The zero-order valence-corrected chi connectivity index (χ0v) is 12.9. The summed E-state index contributed by atoms with van der Waals surface area (Å²) in [6.45, 7) is 4.03. The van der Waals surface area contributed by atoms with Gasteiger partial charge < -0.3 is 9.47 Å². The molecule has 3 heteroatoms. The lowest BCUT2D eigenvalue weighted by molar-refractivity contribution is 0.0599. The Morgan fingerprint density at radius 1 is 1.05 bits per heavy atom. The summed E-state index contributed by atoms with van der Waals surface area (Å²) in [5, 5.41) is 0. The van der Waals surface area contributed by atoms with E-state index in [-0.39, 0.29) is 5.97 Å². The molecule has 0 aliphatic carbocycles. The van der Waals surface area contributed by atoms with E-state index in [0.717, 1.165) is 34.4 Å². The van der Waals surface area contributed by atoms with E-state index < -0.39 is 0 Å². The van der Waals surface area contributed by atoms with E-state index in [1.807, 2.05) is 44.2 Å². The molecule has 110 valence electrons. The maximum atomic E-state index is 11.9. The third-order valence-corrected chi connectivity index (χ3v) is 3.62. The molecule has 0 saturated carbocycles. The van der Waals surface area contributed by atoms with Gasteiger partial charge in [-0.2, -0.15) is 0 Å². The second-order valence-electron chi connectivity index (χ2n) is 4.90. The van der Waals surface area contributed by atoms with Gasteiger partial charge in [-0.3, -0.25) is 0 Å². The van der Waals surface area contributed by atoms with Gasteiger partial charge in [0.05, 0.1) is 19.8 Å². The maximum absolute atomic E-state index is 11.9. The van der Waals surface area contributed by atoms with Gasteiger partial charge in [0, 0.05) is 0 Å². The van der Waals surface area contributed by atoms with Crippen molar-refractivity contribution in [3.8, 4) is 16.9 Å². The standard InChI is InChI=1S/C18H20O3/c1-5-13-6-7-15(11-16(13)18(19)21-4)14-8-9-17(20-3)12(2)10-14/h6-11H,5H2,1-4H3. The van der Waals surface area contributed by atoms with Gasteiger partial charge in [0.15, 0.2) is 0 Å². The Hall–Kier alpha value is -2.29. The van der Waals surface area contributed by atoms with E-state index in [2.05, 4.69) is 6.07 Å². The van der Waals surface area contributed by atoms with Crippen molar-refractivity contribution in [2.45, 2.75) is 20.3 Å². The van der Waals surface area contributed by atoms with Gasteiger partial charge in [-0.15, -0.1) is 0 Å². The fourth-order valence-electron chi connectivity index (χ4n) is 2.42. The van der Waals surface area contributed by atoms with Gasteiger partial charge in [0.25, 0.3) is 0 Å². The average Bonchev–Trinajstić information content (AvgIpc) is 2.53. The molecule has 21 heavy (non-hydrogen) atoms. The molecule has 0 spiro atoms. The van der Waals surface area contributed by atoms with Crippen molar-refractivity contribution in [3.05, 3.63) is 53.1 Å². The number of carbonyl (C=O) groups excluding carboxylic acids is 1. The van der Waals surface area contributed by atoms with Gasteiger partial charge in [0.2, 0.25) is 0 Å². The molecule has 0 fully saturated rings. The van der Waals surface area contributed by atoms with E-state index in [1.54, 1.807) is 7.11 Å². The molecule has 0 amide bonds. The van der Waals surface area contributed by atoms with E-state index >= 15 is 0 Å². The highest BCUT2D eigenvalue weighted by molar-refractivity contribution is 5.92. The first-order valence-corrected chi connectivity index (χ1v) is 6.97. The van der Waals surface area contributed by atoms with Gasteiger partial charge >= 0.3 is 5.97 Å². The number of hydrogen-bond acceptors (Lipinski definition) is 3. The zero-order valence-electron chi connectivity index (χ0n) is 12.9. The SMILES string of the molecule is CCc1ccc(-c2ccc(OC)c(C)c2)cc1C(=O)OC. The van der Waals surface area contributed by atoms with Crippen LogP contribution in [0.4, 0.5) is 0 Å². The largest absolute Gasteiger partial charge is 0.496 e. The Bertz CT molecular complexity index is 660. The minimum absolute atomic E-state index is 0.293. The molecule has 0 N–H and O–H groups in total. The van der Waals surface area contributed by atoms with Crippen LogP contribution in [0.3, 0.4) is 0 Å².